The van der Waals surface area contributed by atoms with Gasteiger partial charge in [-0.2, -0.15) is 20.4 Å². The molecule has 4 saturated heterocycles. The van der Waals surface area contributed by atoms with Gasteiger partial charge in [0.1, 0.15) is 143 Å². The van der Waals surface area contributed by atoms with Crippen molar-refractivity contribution in [3.8, 4) is 46.1 Å². The summed E-state index contributed by atoms with van der Waals surface area (Å²) in [5.74, 6) is 0.460. The first-order valence-electron chi connectivity index (χ1n) is 43.2. The lowest BCUT2D eigenvalue weighted by molar-refractivity contribution is 0.0501. The van der Waals surface area contributed by atoms with Crippen LogP contribution in [0.15, 0.2) is 195 Å². The number of nitrogens with two attached hydrogens (primary N) is 4. The van der Waals surface area contributed by atoms with Gasteiger partial charge in [0, 0.05) is 146 Å². The fourth-order valence-electron chi connectivity index (χ4n) is 16.4. The summed E-state index contributed by atoms with van der Waals surface area (Å²) in [7, 11) is -0.146. The van der Waals surface area contributed by atoms with Crippen LogP contribution in [-0.4, -0.2) is 227 Å². The van der Waals surface area contributed by atoms with Crippen LogP contribution >= 0.6 is 0 Å². The zero-order chi connectivity index (χ0) is 95.7. The highest BCUT2D eigenvalue weighted by atomic mass is 32.2. The molecule has 8 N–H and O–H groups in total. The molecule has 136 heavy (non-hydrogen) atoms. The maximum atomic E-state index is 14.8. The molecule has 12 heterocycles. The van der Waals surface area contributed by atoms with E-state index in [1.807, 2.05) is 7.05 Å². The number of piperidine rings is 1. The van der Waals surface area contributed by atoms with Crippen molar-refractivity contribution in [1.82, 2.24) is 103 Å². The molecular weight excluding hydrogens is 1790 g/mol. The van der Waals surface area contributed by atoms with Crippen LogP contribution in [0.2, 0.25) is 0 Å². The van der Waals surface area contributed by atoms with Crippen LogP contribution in [0.25, 0.3) is 89.7 Å². The van der Waals surface area contributed by atoms with E-state index in [9.17, 15) is 62.9 Å². The van der Waals surface area contributed by atoms with Crippen LogP contribution in [0.4, 0.5) is 62.8 Å². The predicted octanol–water partition coefficient (Wildman–Crippen LogP) is 13.2. The third kappa shape index (κ3) is 19.3. The number of rotatable bonds is 16. The number of anilines is 4. The van der Waals surface area contributed by atoms with Gasteiger partial charge in [-0.3, -0.25) is 42.1 Å². The zero-order valence-electron chi connectivity index (χ0n) is 73.5. The molecule has 16 aromatic rings. The second kappa shape index (κ2) is 38.5. The van der Waals surface area contributed by atoms with Crippen LogP contribution < -0.4 is 22.9 Å². The minimum Gasteiger partial charge on any atom is -0.383 e. The van der Waals surface area contributed by atoms with E-state index in [1.54, 1.807) is 124 Å². The Hall–Kier alpha value is -15.6. The minimum absolute atomic E-state index is 0.000593. The number of aromatic nitrogens is 16. The van der Waals surface area contributed by atoms with Crippen molar-refractivity contribution >= 4 is 106 Å². The Morgan fingerprint density at radius 2 is 0.618 bits per heavy atom. The van der Waals surface area contributed by atoms with Gasteiger partial charge in [-0.15, -0.1) is 0 Å². The molecule has 4 fully saturated rings. The number of nitrogen functional groups attached to an aromatic ring is 4. The number of likely N-dealkylation sites (N-methyl/N-ethyl adjacent to an activating group) is 1. The number of amides is 4. The first-order chi connectivity index (χ1) is 65.3. The highest BCUT2D eigenvalue weighted by Crippen LogP contribution is 2.37. The lowest BCUT2D eigenvalue weighted by Crippen LogP contribution is -2.48. The number of benzene rings is 8. The summed E-state index contributed by atoms with van der Waals surface area (Å²) >= 11 is 0. The normalized spacial score (nSPS) is 14.9. The maximum absolute atomic E-state index is 14.8. The van der Waals surface area contributed by atoms with Gasteiger partial charge in [0.25, 0.3) is 23.6 Å². The van der Waals surface area contributed by atoms with Crippen molar-refractivity contribution in [3.63, 3.8) is 0 Å². The van der Waals surface area contributed by atoms with Crippen molar-refractivity contribution in [3.05, 3.63) is 286 Å². The number of nitrogens with zero attached hydrogens (tertiary/aromatic N) is 21. The number of fused-ring (bicyclic) bond motifs is 4. The molecule has 0 spiro atoms. The smallest absolute Gasteiger partial charge is 0.259 e. The van der Waals surface area contributed by atoms with E-state index < -0.39 is 61.7 Å². The van der Waals surface area contributed by atoms with Gasteiger partial charge in [0.15, 0.2) is 23.3 Å². The molecule has 4 aliphatic heterocycles. The average molecular weight is 1870 g/mol. The van der Waals surface area contributed by atoms with Gasteiger partial charge in [-0.1, -0.05) is 128 Å². The molecule has 4 aliphatic rings. The molecule has 0 aliphatic carbocycles. The number of halogens is 9. The fraction of sp³-hybridized carbons (Fsp3) is 0.240. The maximum Gasteiger partial charge on any atom is 0.259 e. The van der Waals surface area contributed by atoms with Crippen LogP contribution in [0.1, 0.15) is 90.4 Å². The van der Waals surface area contributed by atoms with Crippen LogP contribution in [0.3, 0.4) is 0 Å². The van der Waals surface area contributed by atoms with Crippen molar-refractivity contribution in [2.45, 2.75) is 58.5 Å². The summed E-state index contributed by atoms with van der Waals surface area (Å²) in [6.45, 7) is 8.92. The second-order valence-corrected chi connectivity index (χ2v) is 36.4. The summed E-state index contributed by atoms with van der Waals surface area (Å²) in [5.41, 5.74) is 27.2. The molecule has 20 rings (SSSR count). The molecule has 0 unspecified atom stereocenters. The standard InChI is InChI=1S/C25H23F3N6O.C24H23F2N7O.C24H22F2N6O2S.C23H20F2N6O/c1-25(28)9-11-33(12-10-25)24(35)17-13-30-23(31-22(17)29)20-16-6-4-8-19(27)21(16)34(32-20)14-15-5-2-3-7-18(15)26;1-31-9-11-32(12-10-31)24(34)17-13-28-23(29-22(17)27)20-16-6-4-8-19(26)21(16)33(30-20)14-15-5-2-3-7-18(15)25;1-35(34)11-9-31(10-12-35)24(33)17-13-28-23(29-22(17)27)20-16-6-4-8-19(26)21(16)32(30-20)14-15-5-2-3-7-18(15)25;1-13-10-30(11-13)23(32)16-9-27-22(28-21(16)26)19-15-6-4-8-18(25)20(15)31(29-19)12-14-5-2-3-7-17(14)24/h2-8,13H,9-12,14H2,1H3,(H2,29,30,31);2-8,13H,9-12,14H2,1H3,(H2,27,28,29);2-8,13H,1,9-12,14H2,(H2,27,28,29);2-9,13H,10-12H2,1H3,(H2,26,27,28). The molecule has 696 valence electrons. The number of likely N-dealkylation sites (tertiary alicyclic amines) is 2. The number of para-hydroxylation sites is 4. The van der Waals surface area contributed by atoms with Crippen LogP contribution in [-0.2, 0) is 35.7 Å². The Bertz CT molecular complexity index is 7440. The number of piperazine rings is 1. The highest BCUT2D eigenvalue weighted by molar-refractivity contribution is 8.00. The largest absolute Gasteiger partial charge is 0.383 e. The van der Waals surface area contributed by atoms with Gasteiger partial charge in [-0.25, -0.2) is 79.4 Å². The first-order valence-corrected chi connectivity index (χ1v) is 45.3. The third-order valence-corrected chi connectivity index (χ3v) is 25.9. The van der Waals surface area contributed by atoms with Gasteiger partial charge < -0.3 is 47.4 Å². The quantitative estimate of drug-likeness (QED) is 0.0515. The average Bonchev–Trinajstić information content (AvgIpc) is 1.63. The molecule has 8 aromatic carbocycles. The molecule has 8 aromatic heterocycles. The topological polar surface area (TPSA) is 380 Å². The Kier molecular flexibility index (Phi) is 26.1. The van der Waals surface area contributed by atoms with Gasteiger partial charge in [0.05, 0.1) is 26.2 Å². The Labute approximate surface area is 771 Å². The summed E-state index contributed by atoms with van der Waals surface area (Å²) in [6.07, 6.45) is 5.88. The SMILES string of the molecule is C=S1(=O)CCN(C(=O)c2cnc(-c3nn(Cc4ccccc4F)c4c(F)cccc34)nc2N)CC1.CC1(F)CCN(C(=O)c2cnc(-c3nn(Cc4ccccc4F)c4c(F)cccc34)nc2N)CC1.CC1CN(C(=O)c2cnc(-c3nn(Cc4ccccc4F)c4c(F)cccc34)nc2N)C1.CN1CCN(C(=O)c2cnc(-c3nn(Cc4ccccc4F)c4c(F)cccc34)nc2N)CC1. The van der Waals surface area contributed by atoms with E-state index in [4.69, 9.17) is 22.9 Å². The van der Waals surface area contributed by atoms with Crippen molar-refractivity contribution in [2.75, 3.05) is 107 Å². The third-order valence-electron chi connectivity index (χ3n) is 24.0. The molecule has 30 nitrogen and oxygen atoms in total. The lowest BCUT2D eigenvalue weighted by atomic mass is 9.95. The summed E-state index contributed by atoms with van der Waals surface area (Å²) in [4.78, 5) is 94.4. The van der Waals surface area contributed by atoms with E-state index in [-0.39, 0.29) is 178 Å². The number of carbonyl (C=O) groups excluding carboxylic acids is 4. The van der Waals surface area contributed by atoms with E-state index in [0.717, 1.165) is 13.1 Å². The molecule has 0 saturated carbocycles. The Morgan fingerprint density at radius 3 is 0.882 bits per heavy atom. The Morgan fingerprint density at radius 1 is 0.368 bits per heavy atom. The molecule has 0 atom stereocenters. The van der Waals surface area contributed by atoms with Gasteiger partial charge >= 0.3 is 0 Å². The summed E-state index contributed by atoms with van der Waals surface area (Å²) < 4.78 is 148. The number of hydrogen-bond acceptors (Lipinski definition) is 22. The Balaban J connectivity index is 0.000000126. The predicted molar refractivity (Wildman–Crippen MR) is 497 cm³/mol. The zero-order valence-corrected chi connectivity index (χ0v) is 74.4. The van der Waals surface area contributed by atoms with Crippen LogP contribution in [0.5, 0.6) is 0 Å². The molecule has 4 amide bonds. The minimum atomic E-state index is -2.15. The molecule has 0 radical (unpaired) electrons. The number of carbonyl (C=O) groups is 4. The van der Waals surface area contributed by atoms with E-state index in [2.05, 4.69) is 78.0 Å². The second-order valence-electron chi connectivity index (χ2n) is 33.7. The molecular formula is C96H88F9N25O5S. The van der Waals surface area contributed by atoms with Crippen LogP contribution in [0, 0.1) is 52.5 Å². The fourth-order valence-corrected chi connectivity index (χ4v) is 17.8. The number of hydrogen-bond donors (Lipinski definition) is 4. The van der Waals surface area contributed by atoms with E-state index in [0.29, 0.717) is 112 Å². The van der Waals surface area contributed by atoms with Crippen molar-refractivity contribution in [2.24, 2.45) is 5.92 Å². The van der Waals surface area contributed by atoms with E-state index >= 15 is 0 Å². The van der Waals surface area contributed by atoms with Gasteiger partial charge in [0.2, 0.25) is 0 Å². The molecule has 0 bridgehead atoms. The van der Waals surface area contributed by atoms with Crippen molar-refractivity contribution in [1.29, 1.82) is 0 Å². The monoisotopic (exact) mass is 1870 g/mol. The van der Waals surface area contributed by atoms with E-state index in [1.165, 1.54) is 116 Å². The summed E-state index contributed by atoms with van der Waals surface area (Å²) in [5, 5.41) is 19.7. The highest BCUT2D eigenvalue weighted by Gasteiger charge is 2.36. The van der Waals surface area contributed by atoms with Gasteiger partial charge in [-0.05, 0) is 96.7 Å². The molecule has 40 heteroatoms. The summed E-state index contributed by atoms with van der Waals surface area (Å²) in [6, 6.07) is 43.1. The lowest BCUT2D eigenvalue weighted by Gasteiger charge is -2.37. The number of alkyl halides is 1. The van der Waals surface area contributed by atoms with Crippen molar-refractivity contribution < 1.29 is 62.9 Å². The first kappa shape index (κ1) is 92.2.